The molecule has 1 atom stereocenters. The van der Waals surface area contributed by atoms with Crippen molar-refractivity contribution < 1.29 is 18.3 Å². The van der Waals surface area contributed by atoms with Crippen LogP contribution in [0, 0.1) is 5.41 Å². The van der Waals surface area contributed by atoms with Gasteiger partial charge in [0.05, 0.1) is 0 Å². The highest BCUT2D eigenvalue weighted by atomic mass is 32.2. The van der Waals surface area contributed by atoms with E-state index in [0.717, 1.165) is 25.7 Å². The third-order valence-electron chi connectivity index (χ3n) is 3.48. The van der Waals surface area contributed by atoms with E-state index in [2.05, 4.69) is 18.6 Å². The molecule has 6 heteroatoms. The number of sulfonamides is 1. The van der Waals surface area contributed by atoms with E-state index in [1.165, 1.54) is 6.92 Å². The Morgan fingerprint density at radius 2 is 1.82 bits per heavy atom. The highest BCUT2D eigenvalue weighted by Crippen LogP contribution is 2.35. The van der Waals surface area contributed by atoms with Crippen molar-refractivity contribution in [2.75, 3.05) is 0 Å². The molecule has 1 aliphatic carbocycles. The van der Waals surface area contributed by atoms with E-state index in [1.807, 2.05) is 0 Å². The van der Waals surface area contributed by atoms with Gasteiger partial charge in [0.15, 0.2) is 5.25 Å². The molecule has 17 heavy (non-hydrogen) atoms. The van der Waals surface area contributed by atoms with Gasteiger partial charge in [-0.25, -0.2) is 13.1 Å². The smallest absolute Gasteiger partial charge is 0.323 e. The fraction of sp³-hybridized carbons (Fsp3) is 0.909. The number of hydrogen-bond donors (Lipinski definition) is 2. The second-order valence-electron chi connectivity index (χ2n) is 5.58. The monoisotopic (exact) mass is 263 g/mol. The molecule has 2 N–H and O–H groups in total. The summed E-state index contributed by atoms with van der Waals surface area (Å²) < 4.78 is 25.9. The maximum absolute atomic E-state index is 11.7. The molecule has 0 amide bonds. The molecule has 0 saturated heterocycles. The molecule has 1 saturated carbocycles. The average Bonchev–Trinajstić information content (AvgIpc) is 2.20. The molecule has 1 aliphatic rings. The second-order valence-corrected chi connectivity index (χ2v) is 7.61. The largest absolute Gasteiger partial charge is 0.480 e. The molecule has 1 rings (SSSR count). The predicted octanol–water partition coefficient (Wildman–Crippen LogP) is 1.35. The Kier molecular flexibility index (Phi) is 4.19. The Morgan fingerprint density at radius 3 is 2.24 bits per heavy atom. The van der Waals surface area contributed by atoms with Crippen LogP contribution in [0.3, 0.4) is 0 Å². The number of rotatable bonds is 4. The Labute approximate surface area is 103 Å². The molecule has 0 aromatic carbocycles. The van der Waals surface area contributed by atoms with E-state index >= 15 is 0 Å². The van der Waals surface area contributed by atoms with Crippen molar-refractivity contribution in [1.29, 1.82) is 0 Å². The lowest BCUT2D eigenvalue weighted by atomic mass is 9.76. The van der Waals surface area contributed by atoms with Gasteiger partial charge < -0.3 is 5.11 Å². The number of carbonyl (C=O) groups is 1. The first-order chi connectivity index (χ1) is 7.64. The van der Waals surface area contributed by atoms with Crippen molar-refractivity contribution in [3.8, 4) is 0 Å². The fourth-order valence-corrected chi connectivity index (χ4v) is 3.15. The maximum Gasteiger partial charge on any atom is 0.323 e. The summed E-state index contributed by atoms with van der Waals surface area (Å²) in [5.74, 6) is -1.31. The molecule has 0 aromatic rings. The number of carboxylic acid groups (broad SMARTS) is 1. The van der Waals surface area contributed by atoms with Crippen LogP contribution in [0.2, 0.25) is 0 Å². The summed E-state index contributed by atoms with van der Waals surface area (Å²) in [6, 6.07) is -0.116. The normalized spacial score (nSPS) is 23.2. The predicted molar refractivity (Wildman–Crippen MR) is 65.2 cm³/mol. The van der Waals surface area contributed by atoms with Gasteiger partial charge >= 0.3 is 5.97 Å². The molecular formula is C11H21NO4S. The Morgan fingerprint density at radius 1 is 1.35 bits per heavy atom. The summed E-state index contributed by atoms with van der Waals surface area (Å²) in [5.41, 5.74) is 0.264. The van der Waals surface area contributed by atoms with Crippen LogP contribution in [0.25, 0.3) is 0 Å². The molecule has 0 spiro atoms. The van der Waals surface area contributed by atoms with E-state index in [0.29, 0.717) is 0 Å². The van der Waals surface area contributed by atoms with Gasteiger partial charge in [-0.15, -0.1) is 0 Å². The van der Waals surface area contributed by atoms with Crippen LogP contribution in [-0.4, -0.2) is 30.8 Å². The molecule has 1 unspecified atom stereocenters. The van der Waals surface area contributed by atoms with Crippen LogP contribution in [0.15, 0.2) is 0 Å². The van der Waals surface area contributed by atoms with Crippen LogP contribution >= 0.6 is 0 Å². The zero-order valence-electron chi connectivity index (χ0n) is 10.6. The van der Waals surface area contributed by atoms with Gasteiger partial charge in [0.1, 0.15) is 0 Å². The van der Waals surface area contributed by atoms with Gasteiger partial charge in [0.25, 0.3) is 0 Å². The third-order valence-corrected chi connectivity index (χ3v) is 5.28. The summed E-state index contributed by atoms with van der Waals surface area (Å²) >= 11 is 0. The fourth-order valence-electron chi connectivity index (χ4n) is 1.98. The summed E-state index contributed by atoms with van der Waals surface area (Å²) in [7, 11) is -3.75. The Bertz CT molecular complexity index is 378. The number of hydrogen-bond acceptors (Lipinski definition) is 3. The molecule has 0 aromatic heterocycles. The molecule has 5 nitrogen and oxygen atoms in total. The SMILES string of the molecule is CC(C(=O)O)S(=O)(=O)NC1CCC(C)(C)CC1. The van der Waals surface area contributed by atoms with Gasteiger partial charge in [-0.2, -0.15) is 0 Å². The standard InChI is InChI=1S/C11H21NO4S/c1-8(10(13)14)17(15,16)12-9-4-6-11(2,3)7-5-9/h8-9,12H,4-7H2,1-3H3,(H,13,14). The lowest BCUT2D eigenvalue weighted by Gasteiger charge is -2.34. The van der Waals surface area contributed by atoms with Crippen molar-refractivity contribution in [3.63, 3.8) is 0 Å². The summed E-state index contributed by atoms with van der Waals surface area (Å²) in [6.07, 6.45) is 3.47. The molecular weight excluding hydrogens is 242 g/mol. The number of aliphatic carboxylic acids is 1. The van der Waals surface area contributed by atoms with Crippen LogP contribution in [0.1, 0.15) is 46.5 Å². The Balaban J connectivity index is 2.59. The molecule has 0 radical (unpaired) electrons. The molecule has 0 heterocycles. The van der Waals surface area contributed by atoms with Crippen molar-refractivity contribution in [3.05, 3.63) is 0 Å². The zero-order chi connectivity index (χ0) is 13.3. The third kappa shape index (κ3) is 3.96. The van der Waals surface area contributed by atoms with Crippen LogP contribution in [0.5, 0.6) is 0 Å². The summed E-state index contributed by atoms with van der Waals surface area (Å²) in [6.45, 7) is 5.52. The second kappa shape index (κ2) is 4.94. The first-order valence-electron chi connectivity index (χ1n) is 5.88. The van der Waals surface area contributed by atoms with E-state index in [1.54, 1.807) is 0 Å². The summed E-state index contributed by atoms with van der Waals surface area (Å²) in [4.78, 5) is 10.7. The van der Waals surface area contributed by atoms with Gasteiger partial charge in [0, 0.05) is 6.04 Å². The van der Waals surface area contributed by atoms with E-state index in [4.69, 9.17) is 5.11 Å². The molecule has 0 bridgehead atoms. The molecule has 0 aliphatic heterocycles. The lowest BCUT2D eigenvalue weighted by molar-refractivity contribution is -0.136. The summed E-state index contributed by atoms with van der Waals surface area (Å²) in [5, 5.41) is 7.32. The quantitative estimate of drug-likeness (QED) is 0.802. The van der Waals surface area contributed by atoms with Crippen molar-refractivity contribution in [2.24, 2.45) is 5.41 Å². The first kappa shape index (κ1) is 14.4. The number of carboxylic acids is 1. The van der Waals surface area contributed by atoms with Gasteiger partial charge in [0.2, 0.25) is 10.0 Å². The van der Waals surface area contributed by atoms with Crippen LogP contribution < -0.4 is 4.72 Å². The number of nitrogens with one attached hydrogen (secondary N) is 1. The average molecular weight is 263 g/mol. The lowest BCUT2D eigenvalue weighted by Crippen LogP contribution is -2.45. The van der Waals surface area contributed by atoms with Crippen molar-refractivity contribution in [2.45, 2.75) is 57.7 Å². The van der Waals surface area contributed by atoms with E-state index in [-0.39, 0.29) is 11.5 Å². The van der Waals surface area contributed by atoms with E-state index < -0.39 is 21.2 Å². The molecule has 100 valence electrons. The van der Waals surface area contributed by atoms with Crippen molar-refractivity contribution in [1.82, 2.24) is 4.72 Å². The topological polar surface area (TPSA) is 83.5 Å². The molecule has 1 fully saturated rings. The minimum Gasteiger partial charge on any atom is -0.480 e. The van der Waals surface area contributed by atoms with Crippen molar-refractivity contribution >= 4 is 16.0 Å². The van der Waals surface area contributed by atoms with Gasteiger partial charge in [-0.05, 0) is 38.0 Å². The van der Waals surface area contributed by atoms with Crippen LogP contribution in [-0.2, 0) is 14.8 Å². The van der Waals surface area contributed by atoms with Gasteiger partial charge in [-0.1, -0.05) is 13.8 Å². The van der Waals surface area contributed by atoms with Crippen LogP contribution in [0.4, 0.5) is 0 Å². The highest BCUT2D eigenvalue weighted by molar-refractivity contribution is 7.90. The van der Waals surface area contributed by atoms with Gasteiger partial charge in [-0.3, -0.25) is 4.79 Å². The minimum atomic E-state index is -3.75. The zero-order valence-corrected chi connectivity index (χ0v) is 11.4. The first-order valence-corrected chi connectivity index (χ1v) is 7.43. The maximum atomic E-state index is 11.7. The Hall–Kier alpha value is -0.620. The highest BCUT2D eigenvalue weighted by Gasteiger charge is 2.33. The van der Waals surface area contributed by atoms with E-state index in [9.17, 15) is 13.2 Å². The minimum absolute atomic E-state index is 0.116.